The molecule has 0 saturated heterocycles. The normalized spacial score (nSPS) is 15.2. The number of rotatable bonds is 8. The molecule has 104 valence electrons. The van der Waals surface area contributed by atoms with E-state index >= 15 is 0 Å². The highest BCUT2D eigenvalue weighted by Gasteiger charge is 2.29. The van der Waals surface area contributed by atoms with Crippen LogP contribution in [0.5, 0.6) is 0 Å². The van der Waals surface area contributed by atoms with Gasteiger partial charge in [0.15, 0.2) is 0 Å². The van der Waals surface area contributed by atoms with E-state index in [1.54, 1.807) is 27.9 Å². The molecule has 0 aromatic heterocycles. The van der Waals surface area contributed by atoms with Crippen LogP contribution in [0.15, 0.2) is 0 Å². The van der Waals surface area contributed by atoms with Crippen molar-refractivity contribution in [3.05, 3.63) is 0 Å². The van der Waals surface area contributed by atoms with Crippen molar-refractivity contribution in [1.29, 1.82) is 0 Å². The Morgan fingerprint density at radius 2 is 1.76 bits per heavy atom. The number of hydrogen-bond donors (Lipinski definition) is 2. The topological polar surface area (TPSA) is 67.4 Å². The molecule has 17 heavy (non-hydrogen) atoms. The molecule has 0 fully saturated rings. The highest BCUT2D eigenvalue weighted by atomic mass is 32.2. The summed E-state index contributed by atoms with van der Waals surface area (Å²) in [5.41, 5.74) is -0.584. The van der Waals surface area contributed by atoms with Crippen molar-refractivity contribution in [3.8, 4) is 0 Å². The third-order valence-electron chi connectivity index (χ3n) is 2.27. The second kappa shape index (κ2) is 6.68. The lowest BCUT2D eigenvalue weighted by Crippen LogP contribution is -2.51. The minimum Gasteiger partial charge on any atom is -0.383 e. The van der Waals surface area contributed by atoms with Crippen LogP contribution in [0.2, 0.25) is 0 Å². The third-order valence-corrected chi connectivity index (χ3v) is 4.33. The van der Waals surface area contributed by atoms with Gasteiger partial charge in [0.1, 0.15) is 0 Å². The first-order valence-corrected chi connectivity index (χ1v) is 7.40. The van der Waals surface area contributed by atoms with Gasteiger partial charge in [-0.15, -0.1) is 0 Å². The maximum Gasteiger partial charge on any atom is 0.216 e. The molecule has 0 aliphatic heterocycles. The molecule has 5 nitrogen and oxygen atoms in total. The van der Waals surface area contributed by atoms with Crippen molar-refractivity contribution in [1.82, 2.24) is 10.0 Å². The summed E-state index contributed by atoms with van der Waals surface area (Å²) in [5, 5.41) is 2.65. The Balaban J connectivity index is 4.46. The van der Waals surface area contributed by atoms with Gasteiger partial charge >= 0.3 is 0 Å². The fraction of sp³-hybridized carbons (Fsp3) is 1.00. The van der Waals surface area contributed by atoms with E-state index in [4.69, 9.17) is 4.74 Å². The monoisotopic (exact) mass is 266 g/mol. The van der Waals surface area contributed by atoms with E-state index in [2.05, 4.69) is 10.0 Å². The smallest absolute Gasteiger partial charge is 0.216 e. The average Bonchev–Trinajstić information content (AvgIpc) is 2.11. The zero-order valence-electron chi connectivity index (χ0n) is 11.7. The van der Waals surface area contributed by atoms with Crippen LogP contribution in [0.4, 0.5) is 0 Å². The van der Waals surface area contributed by atoms with Crippen LogP contribution in [0.25, 0.3) is 0 Å². The van der Waals surface area contributed by atoms with Gasteiger partial charge in [-0.3, -0.25) is 0 Å². The Kier molecular flexibility index (Phi) is 6.61. The molecule has 0 radical (unpaired) electrons. The summed E-state index contributed by atoms with van der Waals surface area (Å²) >= 11 is 0. The largest absolute Gasteiger partial charge is 0.383 e. The van der Waals surface area contributed by atoms with Gasteiger partial charge in [-0.2, -0.15) is 0 Å². The minimum absolute atomic E-state index is 0.277. The summed E-state index contributed by atoms with van der Waals surface area (Å²) in [6.07, 6.45) is 0. The molecule has 0 rings (SSSR count). The molecule has 0 saturated carbocycles. The first kappa shape index (κ1) is 16.8. The predicted molar refractivity (Wildman–Crippen MR) is 70.6 cm³/mol. The summed E-state index contributed by atoms with van der Waals surface area (Å²) in [4.78, 5) is 0. The minimum atomic E-state index is -3.33. The lowest BCUT2D eigenvalue weighted by atomic mass is 10.1. The second-order valence-corrected chi connectivity index (χ2v) is 7.44. The zero-order valence-corrected chi connectivity index (χ0v) is 12.5. The van der Waals surface area contributed by atoms with Gasteiger partial charge in [0.2, 0.25) is 10.0 Å². The van der Waals surface area contributed by atoms with Gasteiger partial charge in [-0.25, -0.2) is 13.1 Å². The van der Waals surface area contributed by atoms with Crippen molar-refractivity contribution in [2.75, 3.05) is 20.3 Å². The van der Waals surface area contributed by atoms with Gasteiger partial charge in [0.25, 0.3) is 0 Å². The molecule has 0 aromatic rings. The molecule has 2 N–H and O–H groups in total. The summed E-state index contributed by atoms with van der Waals surface area (Å²) in [6, 6.07) is 0.277. The lowest BCUT2D eigenvalue weighted by molar-refractivity contribution is 0.141. The predicted octanol–water partition coefficient (Wildman–Crippen LogP) is 0.717. The van der Waals surface area contributed by atoms with Crippen LogP contribution in [0.1, 0.15) is 34.6 Å². The van der Waals surface area contributed by atoms with Crippen molar-refractivity contribution < 1.29 is 13.2 Å². The molecule has 0 aromatic carbocycles. The Bertz CT molecular complexity index is 313. The molecule has 0 spiro atoms. The van der Waals surface area contributed by atoms with Gasteiger partial charge < -0.3 is 10.1 Å². The molecule has 0 heterocycles. The highest BCUT2D eigenvalue weighted by molar-refractivity contribution is 7.90. The average molecular weight is 266 g/mol. The van der Waals surface area contributed by atoms with E-state index in [1.807, 2.05) is 13.8 Å². The van der Waals surface area contributed by atoms with Crippen LogP contribution in [0, 0.1) is 0 Å². The van der Waals surface area contributed by atoms with E-state index in [0.717, 1.165) is 0 Å². The van der Waals surface area contributed by atoms with Crippen LogP contribution < -0.4 is 10.0 Å². The molecule has 1 atom stereocenters. The maximum absolute atomic E-state index is 12.0. The Morgan fingerprint density at radius 1 is 1.24 bits per heavy atom. The molecule has 0 aliphatic rings. The van der Waals surface area contributed by atoms with Crippen molar-refractivity contribution >= 4 is 10.0 Å². The number of methoxy groups -OCH3 is 1. The molecule has 0 aliphatic carbocycles. The molecule has 1 unspecified atom stereocenters. The quantitative estimate of drug-likeness (QED) is 0.679. The van der Waals surface area contributed by atoms with E-state index in [0.29, 0.717) is 13.2 Å². The third kappa shape index (κ3) is 6.98. The van der Waals surface area contributed by atoms with Crippen molar-refractivity contribution in [2.45, 2.75) is 51.4 Å². The number of hydrogen-bond acceptors (Lipinski definition) is 4. The maximum atomic E-state index is 12.0. The molecule has 0 bridgehead atoms. The van der Waals surface area contributed by atoms with E-state index < -0.39 is 20.8 Å². The summed E-state index contributed by atoms with van der Waals surface area (Å²) < 4.78 is 31.7. The van der Waals surface area contributed by atoms with Gasteiger partial charge in [0.05, 0.1) is 17.4 Å². The Labute approximate surface area is 105 Å². The molecular formula is C11H26N2O3S. The van der Waals surface area contributed by atoms with E-state index in [-0.39, 0.29) is 6.04 Å². The molecule has 0 amide bonds. The van der Waals surface area contributed by atoms with Crippen molar-refractivity contribution in [2.24, 2.45) is 0 Å². The highest BCUT2D eigenvalue weighted by Crippen LogP contribution is 2.08. The Morgan fingerprint density at radius 3 is 2.18 bits per heavy atom. The summed E-state index contributed by atoms with van der Waals surface area (Å²) in [7, 11) is -1.77. The summed E-state index contributed by atoms with van der Waals surface area (Å²) in [6.45, 7) is 10.1. The molecule has 6 heteroatoms. The van der Waals surface area contributed by atoms with Crippen molar-refractivity contribution in [3.63, 3.8) is 0 Å². The number of sulfonamides is 1. The van der Waals surface area contributed by atoms with Gasteiger partial charge in [-0.05, 0) is 20.8 Å². The first-order chi connectivity index (χ1) is 7.60. The fourth-order valence-electron chi connectivity index (χ4n) is 1.39. The van der Waals surface area contributed by atoms with E-state index in [9.17, 15) is 8.42 Å². The number of ether oxygens (including phenoxy) is 1. The standard InChI is InChI=1S/C11H26N2O3S/c1-9(2)12-7-10(3)17(14,15)13-11(4,5)8-16-6/h9-10,12-13H,7-8H2,1-6H3. The number of nitrogens with one attached hydrogen (secondary N) is 2. The first-order valence-electron chi connectivity index (χ1n) is 5.86. The zero-order chi connectivity index (χ0) is 13.7. The molecular weight excluding hydrogens is 240 g/mol. The van der Waals surface area contributed by atoms with Gasteiger partial charge in [-0.1, -0.05) is 13.8 Å². The van der Waals surface area contributed by atoms with Gasteiger partial charge in [0, 0.05) is 19.7 Å². The van der Waals surface area contributed by atoms with Crippen LogP contribution >= 0.6 is 0 Å². The van der Waals surface area contributed by atoms with Crippen LogP contribution in [-0.2, 0) is 14.8 Å². The SMILES string of the molecule is COCC(C)(C)NS(=O)(=O)C(C)CNC(C)C. The fourth-order valence-corrected chi connectivity index (χ4v) is 2.73. The lowest BCUT2D eigenvalue weighted by Gasteiger charge is -2.27. The Hall–Kier alpha value is -0.170. The summed E-state index contributed by atoms with van der Waals surface area (Å²) in [5.74, 6) is 0. The van der Waals surface area contributed by atoms with Crippen LogP contribution in [0.3, 0.4) is 0 Å². The van der Waals surface area contributed by atoms with E-state index in [1.165, 1.54) is 0 Å². The second-order valence-electron chi connectivity index (χ2n) is 5.34. The van der Waals surface area contributed by atoms with Crippen LogP contribution in [-0.4, -0.2) is 45.5 Å².